The molecule has 0 atom stereocenters. The largest absolute Gasteiger partial charge is 0.371 e. The topological polar surface area (TPSA) is 32.3 Å². The van der Waals surface area contributed by atoms with E-state index in [1.807, 2.05) is 30.3 Å². The second kappa shape index (κ2) is 5.90. The van der Waals surface area contributed by atoms with Gasteiger partial charge in [-0.3, -0.25) is 4.79 Å². The van der Waals surface area contributed by atoms with Gasteiger partial charge >= 0.3 is 0 Å². The number of hydrogen-bond donors (Lipinski definition) is 1. The Bertz CT molecular complexity index is 667. The van der Waals surface area contributed by atoms with Crippen molar-refractivity contribution in [3.8, 4) is 0 Å². The molecule has 0 spiro atoms. The highest BCUT2D eigenvalue weighted by atomic mass is 79.9. The Morgan fingerprint density at radius 1 is 1.24 bits per heavy atom. The molecule has 0 fully saturated rings. The minimum atomic E-state index is -0.0801. The molecule has 0 bridgehead atoms. The first kappa shape index (κ1) is 14.1. The van der Waals surface area contributed by atoms with Crippen molar-refractivity contribution in [2.45, 2.75) is 13.3 Å². The lowest BCUT2D eigenvalue weighted by atomic mass is 10.1. The van der Waals surface area contributed by atoms with Gasteiger partial charge in [-0.1, -0.05) is 22.0 Å². The van der Waals surface area contributed by atoms with Gasteiger partial charge in [0.25, 0.3) is 5.91 Å². The minimum Gasteiger partial charge on any atom is -0.371 e. The van der Waals surface area contributed by atoms with Crippen molar-refractivity contribution in [3.63, 3.8) is 0 Å². The Hall–Kier alpha value is -1.81. The van der Waals surface area contributed by atoms with Crippen molar-refractivity contribution in [1.29, 1.82) is 0 Å². The maximum atomic E-state index is 12.2. The number of carbonyl (C=O) groups is 1. The van der Waals surface area contributed by atoms with Gasteiger partial charge in [-0.05, 0) is 55.3 Å². The van der Waals surface area contributed by atoms with Crippen molar-refractivity contribution in [2.75, 3.05) is 23.3 Å². The number of halogens is 1. The first-order chi connectivity index (χ1) is 10.2. The van der Waals surface area contributed by atoms with Gasteiger partial charge in [0.1, 0.15) is 0 Å². The quantitative estimate of drug-likeness (QED) is 0.909. The number of anilines is 2. The van der Waals surface area contributed by atoms with Crippen LogP contribution in [0.4, 0.5) is 11.4 Å². The van der Waals surface area contributed by atoms with Crippen molar-refractivity contribution >= 4 is 33.2 Å². The molecular formula is C17H17BrN2O. The average Bonchev–Trinajstić information content (AvgIpc) is 2.90. The third kappa shape index (κ3) is 2.95. The van der Waals surface area contributed by atoms with Crippen LogP contribution in [0.3, 0.4) is 0 Å². The maximum absolute atomic E-state index is 12.2. The summed E-state index contributed by atoms with van der Waals surface area (Å²) in [5.41, 5.74) is 4.11. The van der Waals surface area contributed by atoms with Crippen LogP contribution in [-0.2, 0) is 6.42 Å². The maximum Gasteiger partial charge on any atom is 0.255 e. The van der Waals surface area contributed by atoms with Crippen LogP contribution in [0.25, 0.3) is 0 Å². The van der Waals surface area contributed by atoms with Crippen LogP contribution in [0.1, 0.15) is 22.8 Å². The molecule has 1 N–H and O–H groups in total. The summed E-state index contributed by atoms with van der Waals surface area (Å²) in [6, 6.07) is 13.5. The van der Waals surface area contributed by atoms with Crippen LogP contribution in [-0.4, -0.2) is 19.0 Å². The van der Waals surface area contributed by atoms with E-state index >= 15 is 0 Å². The van der Waals surface area contributed by atoms with Crippen LogP contribution in [0.5, 0.6) is 0 Å². The van der Waals surface area contributed by atoms with Crippen LogP contribution in [0, 0.1) is 0 Å². The van der Waals surface area contributed by atoms with E-state index in [1.165, 1.54) is 11.3 Å². The Balaban J connectivity index is 1.79. The zero-order chi connectivity index (χ0) is 14.8. The van der Waals surface area contributed by atoms with E-state index in [0.29, 0.717) is 5.56 Å². The highest BCUT2D eigenvalue weighted by Crippen LogP contribution is 2.30. The van der Waals surface area contributed by atoms with Gasteiger partial charge in [-0.2, -0.15) is 0 Å². The number of hydrogen-bond acceptors (Lipinski definition) is 2. The molecule has 0 aliphatic carbocycles. The van der Waals surface area contributed by atoms with E-state index in [-0.39, 0.29) is 5.91 Å². The third-order valence-corrected chi connectivity index (χ3v) is 4.35. The number of nitrogens with one attached hydrogen (secondary N) is 1. The molecule has 1 aliphatic heterocycles. The number of benzene rings is 2. The molecule has 2 aromatic carbocycles. The molecule has 0 saturated carbocycles. The Labute approximate surface area is 133 Å². The minimum absolute atomic E-state index is 0.0801. The molecule has 0 saturated heterocycles. The van der Waals surface area contributed by atoms with Crippen LogP contribution in [0.2, 0.25) is 0 Å². The van der Waals surface area contributed by atoms with Gasteiger partial charge in [0, 0.05) is 34.5 Å². The molecule has 0 aromatic heterocycles. The summed E-state index contributed by atoms with van der Waals surface area (Å²) in [5.74, 6) is -0.0801. The number of fused-ring (bicyclic) bond motifs is 1. The van der Waals surface area contributed by atoms with E-state index in [9.17, 15) is 4.79 Å². The summed E-state index contributed by atoms with van der Waals surface area (Å²) < 4.78 is 0.968. The lowest BCUT2D eigenvalue weighted by molar-refractivity contribution is 0.102. The smallest absolute Gasteiger partial charge is 0.255 e. The summed E-state index contributed by atoms with van der Waals surface area (Å²) in [7, 11) is 0. The zero-order valence-corrected chi connectivity index (χ0v) is 13.5. The van der Waals surface area contributed by atoms with E-state index in [2.05, 4.69) is 45.2 Å². The van der Waals surface area contributed by atoms with Crippen molar-refractivity contribution in [1.82, 2.24) is 0 Å². The van der Waals surface area contributed by atoms with Gasteiger partial charge in [-0.15, -0.1) is 0 Å². The molecule has 3 rings (SSSR count). The van der Waals surface area contributed by atoms with Gasteiger partial charge in [0.15, 0.2) is 0 Å². The Morgan fingerprint density at radius 2 is 2.00 bits per heavy atom. The lowest BCUT2D eigenvalue weighted by Crippen LogP contribution is -2.19. The number of likely N-dealkylation sites (N-methyl/N-ethyl adjacent to an activating group) is 1. The van der Waals surface area contributed by atoms with Crippen LogP contribution < -0.4 is 10.2 Å². The number of rotatable bonds is 3. The van der Waals surface area contributed by atoms with Gasteiger partial charge in [0.2, 0.25) is 0 Å². The Morgan fingerprint density at radius 3 is 2.71 bits per heavy atom. The first-order valence-corrected chi connectivity index (χ1v) is 7.91. The molecular weight excluding hydrogens is 328 g/mol. The first-order valence-electron chi connectivity index (χ1n) is 7.12. The van der Waals surface area contributed by atoms with Crippen LogP contribution in [0.15, 0.2) is 46.9 Å². The van der Waals surface area contributed by atoms with E-state index in [0.717, 1.165) is 29.7 Å². The molecule has 0 radical (unpaired) electrons. The van der Waals surface area contributed by atoms with E-state index in [4.69, 9.17) is 0 Å². The van der Waals surface area contributed by atoms with Gasteiger partial charge in [-0.25, -0.2) is 0 Å². The molecule has 1 amide bonds. The number of amides is 1. The highest BCUT2D eigenvalue weighted by Gasteiger charge is 2.18. The van der Waals surface area contributed by atoms with E-state index < -0.39 is 0 Å². The fraction of sp³-hybridized carbons (Fsp3) is 0.235. The molecule has 21 heavy (non-hydrogen) atoms. The van der Waals surface area contributed by atoms with Crippen molar-refractivity contribution in [3.05, 3.63) is 58.1 Å². The predicted octanol–water partition coefficient (Wildman–Crippen LogP) is 4.08. The fourth-order valence-corrected chi connectivity index (χ4v) is 2.92. The molecule has 3 nitrogen and oxygen atoms in total. The fourth-order valence-electron chi connectivity index (χ4n) is 2.66. The van der Waals surface area contributed by atoms with Crippen LogP contribution >= 0.6 is 15.9 Å². The zero-order valence-electron chi connectivity index (χ0n) is 11.9. The summed E-state index contributed by atoms with van der Waals surface area (Å²) in [5, 5.41) is 2.97. The highest BCUT2D eigenvalue weighted by molar-refractivity contribution is 9.10. The van der Waals surface area contributed by atoms with E-state index in [1.54, 1.807) is 0 Å². The Kier molecular flexibility index (Phi) is 3.97. The second-order valence-corrected chi connectivity index (χ2v) is 6.05. The molecule has 4 heteroatoms. The van der Waals surface area contributed by atoms with Gasteiger partial charge < -0.3 is 10.2 Å². The third-order valence-electron chi connectivity index (χ3n) is 3.82. The van der Waals surface area contributed by atoms with Crippen molar-refractivity contribution in [2.24, 2.45) is 0 Å². The SMILES string of the molecule is CCN1CCc2ccc(NC(=O)c3ccc(Br)cc3)cc21. The molecule has 108 valence electrons. The lowest BCUT2D eigenvalue weighted by Gasteiger charge is -2.17. The number of carbonyl (C=O) groups excluding carboxylic acids is 1. The summed E-state index contributed by atoms with van der Waals surface area (Å²) in [6.45, 7) is 4.22. The molecule has 0 unspecified atom stereocenters. The monoisotopic (exact) mass is 344 g/mol. The summed E-state index contributed by atoms with van der Waals surface area (Å²) >= 11 is 3.37. The second-order valence-electron chi connectivity index (χ2n) is 5.13. The summed E-state index contributed by atoms with van der Waals surface area (Å²) in [4.78, 5) is 14.6. The summed E-state index contributed by atoms with van der Waals surface area (Å²) in [6.07, 6.45) is 1.09. The standard InChI is InChI=1S/C17H17BrN2O/c1-2-20-10-9-12-5-8-15(11-16(12)20)19-17(21)13-3-6-14(18)7-4-13/h3-8,11H,2,9-10H2,1H3,(H,19,21). The average molecular weight is 345 g/mol. The molecule has 1 heterocycles. The van der Waals surface area contributed by atoms with Crippen molar-refractivity contribution < 1.29 is 4.79 Å². The number of nitrogens with zero attached hydrogens (tertiary/aromatic N) is 1. The normalized spacial score (nSPS) is 13.1. The molecule has 1 aliphatic rings. The van der Waals surface area contributed by atoms with Gasteiger partial charge in [0.05, 0.1) is 0 Å². The predicted molar refractivity (Wildman–Crippen MR) is 90.1 cm³/mol. The molecule has 2 aromatic rings.